The van der Waals surface area contributed by atoms with Gasteiger partial charge >= 0.3 is 0 Å². The summed E-state index contributed by atoms with van der Waals surface area (Å²) in [4.78, 5) is 15.7. The number of anilines is 3. The number of fused-ring (bicyclic) bond motifs is 3. The molecule has 0 unspecified atom stereocenters. The third-order valence-corrected chi connectivity index (χ3v) is 6.03. The molecule has 31 heavy (non-hydrogen) atoms. The van der Waals surface area contributed by atoms with Crippen LogP contribution in [0.4, 0.5) is 17.6 Å². The van der Waals surface area contributed by atoms with Crippen LogP contribution in [0.5, 0.6) is 0 Å². The molecule has 4 aromatic heterocycles. The minimum Gasteiger partial charge on any atom is -0.391 e. The highest BCUT2D eigenvalue weighted by molar-refractivity contribution is 6.06. The van der Waals surface area contributed by atoms with Gasteiger partial charge in [-0.3, -0.25) is 4.98 Å². The Morgan fingerprint density at radius 2 is 2.00 bits per heavy atom. The molecule has 0 saturated carbocycles. The molecule has 0 bridgehead atoms. The minimum atomic E-state index is -0.295. The maximum atomic E-state index is 9.72. The van der Waals surface area contributed by atoms with Gasteiger partial charge < -0.3 is 19.9 Å². The fourth-order valence-electron chi connectivity index (χ4n) is 4.38. The van der Waals surface area contributed by atoms with Crippen LogP contribution in [-0.4, -0.2) is 54.0 Å². The molecule has 1 fully saturated rings. The van der Waals surface area contributed by atoms with Gasteiger partial charge in [0.1, 0.15) is 5.65 Å². The van der Waals surface area contributed by atoms with E-state index in [1.54, 1.807) is 0 Å². The molecular weight excluding hydrogens is 392 g/mol. The van der Waals surface area contributed by atoms with E-state index in [1.165, 1.54) is 0 Å². The van der Waals surface area contributed by atoms with E-state index in [4.69, 9.17) is 4.98 Å². The summed E-state index contributed by atoms with van der Waals surface area (Å²) in [6.07, 6.45) is 8.06. The Kier molecular flexibility index (Phi) is 5.11. The molecule has 0 amide bonds. The number of rotatable bonds is 6. The molecule has 9 nitrogen and oxygen atoms in total. The second-order valence-electron chi connectivity index (χ2n) is 7.95. The maximum absolute atomic E-state index is 9.72. The molecule has 2 N–H and O–H groups in total. The third kappa shape index (κ3) is 3.54. The van der Waals surface area contributed by atoms with E-state index in [2.05, 4.69) is 43.9 Å². The zero-order chi connectivity index (χ0) is 21.4. The van der Waals surface area contributed by atoms with Gasteiger partial charge in [0.25, 0.3) is 0 Å². The van der Waals surface area contributed by atoms with Crippen molar-refractivity contribution in [3.63, 3.8) is 0 Å². The summed E-state index contributed by atoms with van der Waals surface area (Å²) < 4.78 is 2.28. The SMILES string of the molecule is CCC(CC)n1c2cnccc2c2cnc(Nc3ccc(N4CC[C@@H](O)C4)nn3)nc21. The normalized spacial score (nSPS) is 16.6. The van der Waals surface area contributed by atoms with Gasteiger partial charge in [-0.2, -0.15) is 4.98 Å². The van der Waals surface area contributed by atoms with E-state index in [-0.39, 0.29) is 6.10 Å². The molecule has 0 radical (unpaired) electrons. The maximum Gasteiger partial charge on any atom is 0.230 e. The monoisotopic (exact) mass is 418 g/mol. The summed E-state index contributed by atoms with van der Waals surface area (Å²) in [7, 11) is 0. The summed E-state index contributed by atoms with van der Waals surface area (Å²) in [6, 6.07) is 6.12. The van der Waals surface area contributed by atoms with Crippen LogP contribution in [0.15, 0.2) is 36.8 Å². The summed E-state index contributed by atoms with van der Waals surface area (Å²) >= 11 is 0. The van der Waals surface area contributed by atoms with Crippen LogP contribution >= 0.6 is 0 Å². The number of hydrogen-bond donors (Lipinski definition) is 2. The Bertz CT molecular complexity index is 1200. The molecule has 160 valence electrons. The zero-order valence-electron chi connectivity index (χ0n) is 17.7. The lowest BCUT2D eigenvalue weighted by atomic mass is 10.1. The van der Waals surface area contributed by atoms with Gasteiger partial charge in [-0.25, -0.2) is 4.98 Å². The van der Waals surface area contributed by atoms with E-state index in [1.807, 2.05) is 41.7 Å². The van der Waals surface area contributed by atoms with Crippen molar-refractivity contribution in [2.45, 2.75) is 45.3 Å². The number of nitrogens with zero attached hydrogens (tertiary/aromatic N) is 7. The van der Waals surface area contributed by atoms with Gasteiger partial charge in [0, 0.05) is 42.3 Å². The van der Waals surface area contributed by atoms with Crippen molar-refractivity contribution in [1.82, 2.24) is 29.7 Å². The van der Waals surface area contributed by atoms with Crippen molar-refractivity contribution in [2.75, 3.05) is 23.3 Å². The molecule has 0 aromatic carbocycles. The van der Waals surface area contributed by atoms with E-state index in [0.717, 1.165) is 53.6 Å². The van der Waals surface area contributed by atoms with E-state index < -0.39 is 0 Å². The lowest BCUT2D eigenvalue weighted by Gasteiger charge is -2.17. The average molecular weight is 419 g/mol. The quantitative estimate of drug-likeness (QED) is 0.491. The van der Waals surface area contributed by atoms with Gasteiger partial charge in [-0.15, -0.1) is 10.2 Å². The summed E-state index contributed by atoms with van der Waals surface area (Å²) in [5.41, 5.74) is 1.97. The van der Waals surface area contributed by atoms with Crippen molar-refractivity contribution in [3.05, 3.63) is 36.8 Å². The van der Waals surface area contributed by atoms with Crippen LogP contribution in [0.1, 0.15) is 39.2 Å². The summed E-state index contributed by atoms with van der Waals surface area (Å²) in [5.74, 6) is 1.82. The fourth-order valence-corrected chi connectivity index (χ4v) is 4.38. The van der Waals surface area contributed by atoms with Crippen LogP contribution in [-0.2, 0) is 0 Å². The molecule has 1 aliphatic rings. The molecule has 9 heteroatoms. The lowest BCUT2D eigenvalue weighted by Crippen LogP contribution is -2.22. The van der Waals surface area contributed by atoms with Crippen LogP contribution in [0, 0.1) is 0 Å². The van der Waals surface area contributed by atoms with Crippen LogP contribution in [0.25, 0.3) is 21.9 Å². The fraction of sp³-hybridized carbons (Fsp3) is 0.409. The van der Waals surface area contributed by atoms with E-state index >= 15 is 0 Å². The minimum absolute atomic E-state index is 0.295. The Balaban J connectivity index is 1.48. The number of nitrogens with one attached hydrogen (secondary N) is 1. The first kappa shape index (κ1) is 19.6. The first-order chi connectivity index (χ1) is 15.2. The standard InChI is InChI=1S/C22H26N8O/c1-3-14(4-2)30-18-12-23-9-7-16(18)17-11-24-22(26-21(17)30)25-19-5-6-20(28-27-19)29-10-8-15(31)13-29/h5-7,9,11-12,14-15,31H,3-4,8,10,13H2,1-2H3,(H,24,25,26,27)/t15-/m1/s1. The zero-order valence-corrected chi connectivity index (χ0v) is 17.7. The molecule has 1 saturated heterocycles. The highest BCUT2D eigenvalue weighted by Gasteiger charge is 2.22. The molecule has 4 aromatic rings. The molecular formula is C22H26N8O. The van der Waals surface area contributed by atoms with Crippen molar-refractivity contribution >= 4 is 39.5 Å². The summed E-state index contributed by atoms with van der Waals surface area (Å²) in [6.45, 7) is 5.77. The highest BCUT2D eigenvalue weighted by Crippen LogP contribution is 2.32. The number of aliphatic hydroxyl groups is 1. The Hall–Kier alpha value is -3.33. The predicted octanol–water partition coefficient (Wildman–Crippen LogP) is 3.45. The highest BCUT2D eigenvalue weighted by atomic mass is 16.3. The molecule has 1 atom stereocenters. The van der Waals surface area contributed by atoms with Gasteiger partial charge in [0.2, 0.25) is 5.95 Å². The van der Waals surface area contributed by atoms with Gasteiger partial charge in [-0.1, -0.05) is 13.8 Å². The molecule has 0 aliphatic carbocycles. The number of hydrogen-bond acceptors (Lipinski definition) is 8. The van der Waals surface area contributed by atoms with Crippen molar-refractivity contribution in [2.24, 2.45) is 0 Å². The van der Waals surface area contributed by atoms with Crippen molar-refractivity contribution in [3.8, 4) is 0 Å². The molecule has 5 rings (SSSR count). The topological polar surface area (TPSA) is 105 Å². The van der Waals surface area contributed by atoms with Crippen molar-refractivity contribution in [1.29, 1.82) is 0 Å². The van der Waals surface area contributed by atoms with E-state index in [0.29, 0.717) is 24.4 Å². The van der Waals surface area contributed by atoms with Crippen molar-refractivity contribution < 1.29 is 5.11 Å². The third-order valence-electron chi connectivity index (χ3n) is 6.03. The Morgan fingerprint density at radius 3 is 2.71 bits per heavy atom. The predicted molar refractivity (Wildman–Crippen MR) is 121 cm³/mol. The van der Waals surface area contributed by atoms with Crippen LogP contribution in [0.3, 0.4) is 0 Å². The summed E-state index contributed by atoms with van der Waals surface area (Å²) in [5, 5.41) is 23.6. The van der Waals surface area contributed by atoms with Gasteiger partial charge in [-0.05, 0) is 37.5 Å². The first-order valence-electron chi connectivity index (χ1n) is 10.8. The van der Waals surface area contributed by atoms with Crippen LogP contribution in [0.2, 0.25) is 0 Å². The van der Waals surface area contributed by atoms with Crippen LogP contribution < -0.4 is 10.2 Å². The number of aliphatic hydroxyl groups excluding tert-OH is 1. The number of aromatic nitrogens is 6. The molecule has 5 heterocycles. The van der Waals surface area contributed by atoms with Gasteiger partial charge in [0.15, 0.2) is 11.6 Å². The lowest BCUT2D eigenvalue weighted by molar-refractivity contribution is 0.198. The van der Waals surface area contributed by atoms with Gasteiger partial charge in [0.05, 0.1) is 17.8 Å². The first-order valence-corrected chi connectivity index (χ1v) is 10.8. The number of pyridine rings is 1. The second kappa shape index (κ2) is 8.07. The largest absolute Gasteiger partial charge is 0.391 e. The molecule has 1 aliphatic heterocycles. The molecule has 0 spiro atoms. The number of β-amino-alcohol motifs (C(OH)–C–C–N with tert-alkyl or cyclic N) is 1. The average Bonchev–Trinajstić information content (AvgIpc) is 3.37. The second-order valence-corrected chi connectivity index (χ2v) is 7.95. The Morgan fingerprint density at radius 1 is 1.13 bits per heavy atom. The smallest absolute Gasteiger partial charge is 0.230 e. The van der Waals surface area contributed by atoms with E-state index in [9.17, 15) is 5.11 Å². The Labute approximate surface area is 180 Å².